The fourth-order valence-corrected chi connectivity index (χ4v) is 6.17. The molecule has 0 bridgehead atoms. The second kappa shape index (κ2) is 7.60. The largest absolute Gasteiger partial charge is 0.339 e. The van der Waals surface area contributed by atoms with E-state index < -0.39 is 0 Å². The van der Waals surface area contributed by atoms with Crippen molar-refractivity contribution in [1.82, 2.24) is 9.80 Å². The van der Waals surface area contributed by atoms with Crippen molar-refractivity contribution in [2.45, 2.75) is 57.5 Å². The molecule has 1 unspecified atom stereocenters. The Morgan fingerprint density at radius 3 is 2.38 bits per heavy atom. The zero-order valence-corrected chi connectivity index (χ0v) is 17.5. The zero-order chi connectivity index (χ0) is 19.8. The van der Waals surface area contributed by atoms with Gasteiger partial charge in [0.25, 0.3) is 5.91 Å². The van der Waals surface area contributed by atoms with Crippen LogP contribution in [0.3, 0.4) is 0 Å². The number of aryl methyl sites for hydroxylation is 1. The molecule has 2 aromatic carbocycles. The highest BCUT2D eigenvalue weighted by Gasteiger charge is 2.55. The summed E-state index contributed by atoms with van der Waals surface area (Å²) in [4.78, 5) is 17.8. The number of benzene rings is 2. The van der Waals surface area contributed by atoms with E-state index in [4.69, 9.17) is 0 Å². The normalized spacial score (nSPS) is 24.6. The van der Waals surface area contributed by atoms with Crippen molar-refractivity contribution < 1.29 is 4.79 Å². The molecule has 0 radical (unpaired) electrons. The molecule has 0 N–H and O–H groups in total. The standard InChI is InChI=1S/C26H32N2O/c1-20-8-7-11-22(18-20)25(29)27-16-12-23(13-17-27)28-19-26(14-5-6-15-26)24(28)21-9-3-2-4-10-21/h2-4,7-11,18,23-24H,5-6,12-17,19H2,1H3. The summed E-state index contributed by atoms with van der Waals surface area (Å²) in [5.74, 6) is 0.197. The van der Waals surface area contributed by atoms with E-state index in [1.165, 1.54) is 37.8 Å². The van der Waals surface area contributed by atoms with Gasteiger partial charge in [-0.25, -0.2) is 0 Å². The third-order valence-corrected chi connectivity index (χ3v) is 7.61. The molecule has 3 aliphatic rings. The van der Waals surface area contributed by atoms with Gasteiger partial charge in [0.1, 0.15) is 0 Å². The van der Waals surface area contributed by atoms with E-state index in [2.05, 4.69) is 53.1 Å². The van der Waals surface area contributed by atoms with Gasteiger partial charge in [-0.2, -0.15) is 0 Å². The lowest BCUT2D eigenvalue weighted by molar-refractivity contribution is -0.111. The number of amides is 1. The third kappa shape index (κ3) is 3.40. The van der Waals surface area contributed by atoms with E-state index in [9.17, 15) is 4.79 Å². The Kier molecular flexibility index (Phi) is 4.95. The number of carbonyl (C=O) groups is 1. The van der Waals surface area contributed by atoms with Crippen molar-refractivity contribution in [3.8, 4) is 0 Å². The Morgan fingerprint density at radius 2 is 1.69 bits per heavy atom. The zero-order valence-electron chi connectivity index (χ0n) is 17.5. The van der Waals surface area contributed by atoms with Crippen LogP contribution in [0.2, 0.25) is 0 Å². The van der Waals surface area contributed by atoms with Gasteiger partial charge < -0.3 is 4.90 Å². The Balaban J connectivity index is 1.27. The van der Waals surface area contributed by atoms with Crippen molar-refractivity contribution in [2.24, 2.45) is 5.41 Å². The van der Waals surface area contributed by atoms with Gasteiger partial charge >= 0.3 is 0 Å². The molecule has 1 amide bonds. The number of likely N-dealkylation sites (tertiary alicyclic amines) is 2. The third-order valence-electron chi connectivity index (χ3n) is 7.61. The first-order valence-electron chi connectivity index (χ1n) is 11.3. The summed E-state index contributed by atoms with van der Waals surface area (Å²) >= 11 is 0. The van der Waals surface area contributed by atoms with Crippen LogP contribution >= 0.6 is 0 Å². The molecule has 152 valence electrons. The van der Waals surface area contributed by atoms with E-state index >= 15 is 0 Å². The van der Waals surface area contributed by atoms with E-state index in [1.54, 1.807) is 0 Å². The SMILES string of the molecule is Cc1cccc(C(=O)N2CCC(N3CC4(CCCC4)C3c3ccccc3)CC2)c1. The van der Waals surface area contributed by atoms with Crippen molar-refractivity contribution >= 4 is 5.91 Å². The first-order chi connectivity index (χ1) is 14.2. The fourth-order valence-electron chi connectivity index (χ4n) is 6.17. The van der Waals surface area contributed by atoms with Crippen LogP contribution in [-0.2, 0) is 0 Å². The summed E-state index contributed by atoms with van der Waals surface area (Å²) < 4.78 is 0. The molecule has 1 atom stereocenters. The molecule has 3 heteroatoms. The predicted molar refractivity (Wildman–Crippen MR) is 117 cm³/mol. The molecule has 29 heavy (non-hydrogen) atoms. The van der Waals surface area contributed by atoms with Crippen LogP contribution in [0.25, 0.3) is 0 Å². The highest BCUT2D eigenvalue weighted by molar-refractivity contribution is 5.94. The summed E-state index contributed by atoms with van der Waals surface area (Å²) in [5, 5.41) is 0. The molecule has 2 saturated heterocycles. The summed E-state index contributed by atoms with van der Waals surface area (Å²) in [6.07, 6.45) is 7.73. The number of hydrogen-bond acceptors (Lipinski definition) is 2. The maximum Gasteiger partial charge on any atom is 0.253 e. The van der Waals surface area contributed by atoms with Gasteiger partial charge in [0.2, 0.25) is 0 Å². The quantitative estimate of drug-likeness (QED) is 0.720. The van der Waals surface area contributed by atoms with Gasteiger partial charge in [0.05, 0.1) is 0 Å². The molecule has 2 aromatic rings. The highest BCUT2D eigenvalue weighted by Crippen LogP contribution is 2.59. The molecule has 2 aliphatic heterocycles. The Morgan fingerprint density at radius 1 is 0.966 bits per heavy atom. The second-order valence-electron chi connectivity index (χ2n) is 9.45. The Hall–Kier alpha value is -2.13. The topological polar surface area (TPSA) is 23.6 Å². The lowest BCUT2D eigenvalue weighted by atomic mass is 9.66. The molecule has 1 saturated carbocycles. The smallest absolute Gasteiger partial charge is 0.253 e. The Bertz CT molecular complexity index is 863. The molecule has 2 heterocycles. The molecule has 0 aromatic heterocycles. The number of nitrogens with zero attached hydrogens (tertiary/aromatic N) is 2. The maximum atomic E-state index is 12.9. The monoisotopic (exact) mass is 388 g/mol. The number of piperidine rings is 1. The molecule has 1 spiro atoms. The average molecular weight is 389 g/mol. The minimum Gasteiger partial charge on any atom is -0.339 e. The minimum absolute atomic E-state index is 0.197. The first-order valence-corrected chi connectivity index (χ1v) is 11.3. The minimum atomic E-state index is 0.197. The summed E-state index contributed by atoms with van der Waals surface area (Å²) in [6.45, 7) is 5.06. The number of rotatable bonds is 3. The van der Waals surface area contributed by atoms with E-state index in [0.29, 0.717) is 17.5 Å². The second-order valence-corrected chi connectivity index (χ2v) is 9.45. The number of hydrogen-bond donors (Lipinski definition) is 0. The molecule has 5 rings (SSSR count). The first kappa shape index (κ1) is 18.9. The molecule has 1 aliphatic carbocycles. The van der Waals surface area contributed by atoms with Crippen molar-refractivity contribution in [1.29, 1.82) is 0 Å². The van der Waals surface area contributed by atoms with Gasteiger partial charge in [0, 0.05) is 42.7 Å². The average Bonchev–Trinajstić information content (AvgIpc) is 3.24. The van der Waals surface area contributed by atoms with Crippen LogP contribution in [0.15, 0.2) is 54.6 Å². The van der Waals surface area contributed by atoms with Crippen LogP contribution in [0, 0.1) is 12.3 Å². The van der Waals surface area contributed by atoms with Crippen molar-refractivity contribution in [2.75, 3.05) is 19.6 Å². The lowest BCUT2D eigenvalue weighted by Crippen LogP contribution is -2.62. The predicted octanol–water partition coefficient (Wildman–Crippen LogP) is 5.22. The summed E-state index contributed by atoms with van der Waals surface area (Å²) in [7, 11) is 0. The summed E-state index contributed by atoms with van der Waals surface area (Å²) in [6, 6.07) is 20.4. The molecule has 3 fully saturated rings. The van der Waals surface area contributed by atoms with Gasteiger partial charge in [-0.15, -0.1) is 0 Å². The maximum absolute atomic E-state index is 12.9. The van der Waals surface area contributed by atoms with Gasteiger partial charge in [-0.1, -0.05) is 60.9 Å². The van der Waals surface area contributed by atoms with Gasteiger partial charge in [0.15, 0.2) is 0 Å². The number of carbonyl (C=O) groups excluding carboxylic acids is 1. The van der Waals surface area contributed by atoms with Gasteiger partial charge in [-0.3, -0.25) is 9.69 Å². The molecular formula is C26H32N2O. The summed E-state index contributed by atoms with van der Waals surface area (Å²) in [5.41, 5.74) is 3.99. The molecule has 3 nitrogen and oxygen atoms in total. The van der Waals surface area contributed by atoms with Gasteiger partial charge in [-0.05, 0) is 50.3 Å². The van der Waals surface area contributed by atoms with Crippen LogP contribution in [-0.4, -0.2) is 41.4 Å². The molecular weight excluding hydrogens is 356 g/mol. The van der Waals surface area contributed by atoms with Crippen LogP contribution in [0.1, 0.15) is 66.1 Å². The van der Waals surface area contributed by atoms with Crippen LogP contribution in [0.5, 0.6) is 0 Å². The van der Waals surface area contributed by atoms with E-state index in [-0.39, 0.29) is 5.91 Å². The fraction of sp³-hybridized carbons (Fsp3) is 0.500. The van der Waals surface area contributed by atoms with E-state index in [0.717, 1.165) is 37.1 Å². The van der Waals surface area contributed by atoms with E-state index in [1.807, 2.05) is 18.2 Å². The lowest BCUT2D eigenvalue weighted by Gasteiger charge is -2.60. The Labute approximate surface area is 174 Å². The van der Waals surface area contributed by atoms with Crippen molar-refractivity contribution in [3.05, 3.63) is 71.3 Å². The highest BCUT2D eigenvalue weighted by atomic mass is 16.2. The van der Waals surface area contributed by atoms with Crippen LogP contribution in [0.4, 0.5) is 0 Å². The van der Waals surface area contributed by atoms with Crippen LogP contribution < -0.4 is 0 Å². The van der Waals surface area contributed by atoms with Crippen molar-refractivity contribution in [3.63, 3.8) is 0 Å².